The van der Waals surface area contributed by atoms with E-state index < -0.39 is 0 Å². The maximum Gasteiger partial charge on any atom is 0.272 e. The summed E-state index contributed by atoms with van der Waals surface area (Å²) in [6.45, 7) is 3.15. The Hall–Kier alpha value is -3.53. The minimum absolute atomic E-state index is 0.0979. The molecule has 0 radical (unpaired) electrons. The molecule has 10 heteroatoms. The number of aromatic nitrogens is 4. The number of amides is 1. The van der Waals surface area contributed by atoms with Gasteiger partial charge in [0.15, 0.2) is 0 Å². The summed E-state index contributed by atoms with van der Waals surface area (Å²) < 4.78 is 12.0. The lowest BCUT2D eigenvalue weighted by atomic mass is 9.93. The molecule has 2 aromatic heterocycles. The van der Waals surface area contributed by atoms with Crippen LogP contribution in [0.15, 0.2) is 36.8 Å². The number of hydrogen-bond acceptors (Lipinski definition) is 9. The molecule has 3 aromatic rings. The molecule has 1 saturated carbocycles. The molecule has 1 N–H and O–H groups in total. The van der Waals surface area contributed by atoms with Crippen molar-refractivity contribution in [2.24, 2.45) is 0 Å². The van der Waals surface area contributed by atoms with Crippen LogP contribution in [-0.2, 0) is 4.74 Å². The Balaban J connectivity index is 1.24. The first kappa shape index (κ1) is 23.2. The molecule has 1 aliphatic heterocycles. The van der Waals surface area contributed by atoms with Gasteiger partial charge in [0, 0.05) is 63.6 Å². The van der Waals surface area contributed by atoms with Crippen LogP contribution in [0.5, 0.6) is 5.75 Å². The molecule has 2 aliphatic rings. The van der Waals surface area contributed by atoms with Crippen LogP contribution in [0, 0.1) is 0 Å². The zero-order valence-corrected chi connectivity index (χ0v) is 20.2. The van der Waals surface area contributed by atoms with Crippen molar-refractivity contribution in [3.05, 3.63) is 42.5 Å². The molecule has 3 heterocycles. The van der Waals surface area contributed by atoms with Gasteiger partial charge in [-0.2, -0.15) is 0 Å². The van der Waals surface area contributed by atoms with Crippen molar-refractivity contribution in [2.45, 2.75) is 37.8 Å². The summed E-state index contributed by atoms with van der Waals surface area (Å²) in [6.07, 6.45) is 8.79. The molecule has 184 valence electrons. The van der Waals surface area contributed by atoms with E-state index in [1.165, 1.54) is 4.90 Å². The molecule has 10 nitrogen and oxygen atoms in total. The molecule has 0 atom stereocenters. The zero-order chi connectivity index (χ0) is 24.2. The number of anilines is 2. The molecule has 2 fully saturated rings. The highest BCUT2D eigenvalue weighted by Crippen LogP contribution is 2.33. The van der Waals surface area contributed by atoms with Gasteiger partial charge in [0.1, 0.15) is 17.0 Å². The summed E-state index contributed by atoms with van der Waals surface area (Å²) in [5.41, 5.74) is 3.11. The third-order valence-corrected chi connectivity index (χ3v) is 6.48. The Morgan fingerprint density at radius 1 is 1.06 bits per heavy atom. The lowest BCUT2D eigenvalue weighted by Gasteiger charge is -2.31. The standard InChI is InChI=1S/C25H31N7O3/c1-31(2)24(33)20-7-8-28-25(30-20)29-17-3-5-19(6-4-17)35-22-16-18(32-11-13-34-14-12-32)15-21-23(22)27-10-9-26-21/h7-10,15-17,19H,3-6,11-14H2,1-2H3,(H,28,29,30). The summed E-state index contributed by atoms with van der Waals surface area (Å²) >= 11 is 0. The van der Waals surface area contributed by atoms with E-state index in [1.54, 1.807) is 38.8 Å². The van der Waals surface area contributed by atoms with Crippen LogP contribution in [0.2, 0.25) is 0 Å². The number of nitrogens with zero attached hydrogens (tertiary/aromatic N) is 6. The van der Waals surface area contributed by atoms with Gasteiger partial charge in [0.25, 0.3) is 5.91 Å². The van der Waals surface area contributed by atoms with Crippen LogP contribution in [0.1, 0.15) is 36.2 Å². The van der Waals surface area contributed by atoms with Crippen molar-refractivity contribution in [2.75, 3.05) is 50.6 Å². The highest BCUT2D eigenvalue weighted by atomic mass is 16.5. The first-order chi connectivity index (χ1) is 17.1. The third-order valence-electron chi connectivity index (χ3n) is 6.48. The van der Waals surface area contributed by atoms with E-state index in [4.69, 9.17) is 9.47 Å². The van der Waals surface area contributed by atoms with E-state index in [0.717, 1.165) is 74.5 Å². The number of fused-ring (bicyclic) bond motifs is 1. The summed E-state index contributed by atoms with van der Waals surface area (Å²) in [4.78, 5) is 33.8. The molecule has 35 heavy (non-hydrogen) atoms. The number of carbonyl (C=O) groups is 1. The largest absolute Gasteiger partial charge is 0.488 e. The van der Waals surface area contributed by atoms with Gasteiger partial charge >= 0.3 is 0 Å². The number of nitrogens with one attached hydrogen (secondary N) is 1. The summed E-state index contributed by atoms with van der Waals surface area (Å²) in [7, 11) is 3.43. The second-order valence-electron chi connectivity index (χ2n) is 9.17. The molecule has 0 bridgehead atoms. The van der Waals surface area contributed by atoms with E-state index in [1.807, 2.05) is 0 Å². The first-order valence-corrected chi connectivity index (χ1v) is 12.1. The van der Waals surface area contributed by atoms with Crippen molar-refractivity contribution < 1.29 is 14.3 Å². The SMILES string of the molecule is CN(C)C(=O)c1ccnc(NC2CCC(Oc3cc(N4CCOCC4)cc4nccnc34)CC2)n1. The molecule has 1 aliphatic carbocycles. The smallest absolute Gasteiger partial charge is 0.272 e. The Bertz CT molecular complexity index is 1170. The molecular weight excluding hydrogens is 446 g/mol. The van der Waals surface area contributed by atoms with Crippen LogP contribution in [-0.4, -0.2) is 83.3 Å². The van der Waals surface area contributed by atoms with Gasteiger partial charge in [-0.05, 0) is 37.8 Å². The fourth-order valence-corrected chi connectivity index (χ4v) is 4.59. The van der Waals surface area contributed by atoms with E-state index in [0.29, 0.717) is 11.6 Å². The minimum Gasteiger partial charge on any atom is -0.488 e. The Labute approximate surface area is 204 Å². The second kappa shape index (κ2) is 10.4. The van der Waals surface area contributed by atoms with Crippen LogP contribution in [0.25, 0.3) is 11.0 Å². The number of hydrogen-bond donors (Lipinski definition) is 1. The monoisotopic (exact) mass is 477 g/mol. The van der Waals surface area contributed by atoms with Crippen molar-refractivity contribution in [1.82, 2.24) is 24.8 Å². The molecule has 0 unspecified atom stereocenters. The van der Waals surface area contributed by atoms with Gasteiger partial charge in [0.2, 0.25) is 5.95 Å². The van der Waals surface area contributed by atoms with E-state index >= 15 is 0 Å². The van der Waals surface area contributed by atoms with Gasteiger partial charge in [-0.15, -0.1) is 0 Å². The quantitative estimate of drug-likeness (QED) is 0.574. The number of morpholine rings is 1. The highest BCUT2D eigenvalue weighted by Gasteiger charge is 2.25. The topological polar surface area (TPSA) is 106 Å². The predicted molar refractivity (Wildman–Crippen MR) is 133 cm³/mol. The van der Waals surface area contributed by atoms with Gasteiger partial charge in [-0.1, -0.05) is 0 Å². The molecule has 1 saturated heterocycles. The Kier molecular flexibility index (Phi) is 6.89. The predicted octanol–water partition coefficient (Wildman–Crippen LogP) is 2.76. The molecule has 0 spiro atoms. The van der Waals surface area contributed by atoms with Crippen LogP contribution >= 0.6 is 0 Å². The summed E-state index contributed by atoms with van der Waals surface area (Å²) in [5, 5.41) is 3.39. The minimum atomic E-state index is -0.137. The normalized spacial score (nSPS) is 20.5. The van der Waals surface area contributed by atoms with Gasteiger partial charge in [-0.3, -0.25) is 9.78 Å². The van der Waals surface area contributed by atoms with Gasteiger partial charge < -0.3 is 24.6 Å². The van der Waals surface area contributed by atoms with Crippen LogP contribution in [0.3, 0.4) is 0 Å². The summed E-state index contributed by atoms with van der Waals surface area (Å²) in [6, 6.07) is 6.04. The van der Waals surface area contributed by atoms with Gasteiger partial charge in [-0.25, -0.2) is 15.0 Å². The molecule has 5 rings (SSSR count). The molecule has 1 amide bonds. The second-order valence-corrected chi connectivity index (χ2v) is 9.17. The number of rotatable bonds is 6. The average molecular weight is 478 g/mol. The number of ether oxygens (including phenoxy) is 2. The number of benzene rings is 1. The van der Waals surface area contributed by atoms with Crippen molar-refractivity contribution in [1.29, 1.82) is 0 Å². The molecule has 1 aromatic carbocycles. The fourth-order valence-electron chi connectivity index (χ4n) is 4.59. The number of carbonyl (C=O) groups excluding carboxylic acids is 1. The third kappa shape index (κ3) is 5.43. The van der Waals surface area contributed by atoms with Crippen LogP contribution < -0.4 is 15.0 Å². The van der Waals surface area contributed by atoms with E-state index in [9.17, 15) is 4.79 Å². The van der Waals surface area contributed by atoms with Crippen molar-refractivity contribution in [3.8, 4) is 5.75 Å². The maximum absolute atomic E-state index is 12.2. The Morgan fingerprint density at radius 3 is 2.60 bits per heavy atom. The van der Waals surface area contributed by atoms with Gasteiger partial charge in [0.05, 0.1) is 24.8 Å². The lowest BCUT2D eigenvalue weighted by Crippen LogP contribution is -2.36. The molecular formula is C25H31N7O3. The van der Waals surface area contributed by atoms with E-state index in [-0.39, 0.29) is 18.1 Å². The zero-order valence-electron chi connectivity index (χ0n) is 20.2. The first-order valence-electron chi connectivity index (χ1n) is 12.1. The van der Waals surface area contributed by atoms with Crippen LogP contribution in [0.4, 0.5) is 11.6 Å². The lowest BCUT2D eigenvalue weighted by molar-refractivity contribution is 0.0822. The highest BCUT2D eigenvalue weighted by molar-refractivity contribution is 5.92. The maximum atomic E-state index is 12.2. The van der Waals surface area contributed by atoms with Crippen molar-refractivity contribution >= 4 is 28.6 Å². The summed E-state index contributed by atoms with van der Waals surface area (Å²) in [5.74, 6) is 1.13. The fraction of sp³-hybridized carbons (Fsp3) is 0.480. The van der Waals surface area contributed by atoms with Crippen molar-refractivity contribution in [3.63, 3.8) is 0 Å². The average Bonchev–Trinajstić information content (AvgIpc) is 2.90. The Morgan fingerprint density at radius 2 is 1.83 bits per heavy atom. The van der Waals surface area contributed by atoms with E-state index in [2.05, 4.69) is 42.3 Å².